The Morgan fingerprint density at radius 1 is 1.44 bits per heavy atom. The maximum absolute atomic E-state index is 6.04. The molecular weight excluding hydrogens is 268 g/mol. The molecule has 0 saturated carbocycles. The lowest BCUT2D eigenvalue weighted by atomic mass is 9.91. The van der Waals surface area contributed by atoms with Crippen LogP contribution in [0.5, 0.6) is 0 Å². The molecule has 0 aliphatic heterocycles. The van der Waals surface area contributed by atoms with E-state index >= 15 is 0 Å². The van der Waals surface area contributed by atoms with Crippen LogP contribution in [0.25, 0.3) is 0 Å². The highest BCUT2D eigenvalue weighted by molar-refractivity contribution is 7.10. The van der Waals surface area contributed by atoms with Gasteiger partial charge in [-0.25, -0.2) is 9.97 Å². The molecule has 18 heavy (non-hydrogen) atoms. The standard InChI is InChI=1S/C12H15ClN4S/c1-12(2,8-4-3-5-18-8)6-15-11-9(13)10(14)16-7-17-11/h3-5,7H,6H2,1-2H3,(H3,14,15,16,17). The second-order valence-electron chi connectivity index (χ2n) is 4.64. The summed E-state index contributed by atoms with van der Waals surface area (Å²) in [5.41, 5.74) is 5.64. The molecule has 2 aromatic rings. The number of nitrogens with one attached hydrogen (secondary N) is 1. The molecule has 0 saturated heterocycles. The summed E-state index contributed by atoms with van der Waals surface area (Å²) in [6, 6.07) is 4.18. The fourth-order valence-corrected chi connectivity index (χ4v) is 2.58. The number of nitrogen functional groups attached to an aromatic ring is 1. The van der Waals surface area contributed by atoms with Crippen LogP contribution < -0.4 is 11.1 Å². The number of anilines is 2. The summed E-state index contributed by atoms with van der Waals surface area (Å²) in [6.45, 7) is 5.07. The largest absolute Gasteiger partial charge is 0.382 e. The minimum Gasteiger partial charge on any atom is -0.382 e. The number of halogens is 1. The molecule has 6 heteroatoms. The third-order valence-corrected chi connectivity index (χ3v) is 4.31. The van der Waals surface area contributed by atoms with Gasteiger partial charge in [0.05, 0.1) is 0 Å². The summed E-state index contributed by atoms with van der Waals surface area (Å²) < 4.78 is 0. The van der Waals surface area contributed by atoms with Gasteiger partial charge in [-0.2, -0.15) is 0 Å². The maximum atomic E-state index is 6.04. The first-order valence-electron chi connectivity index (χ1n) is 5.54. The Labute approximate surface area is 115 Å². The van der Waals surface area contributed by atoms with E-state index in [1.807, 2.05) is 0 Å². The molecule has 0 radical (unpaired) electrons. The van der Waals surface area contributed by atoms with Crippen LogP contribution in [0.2, 0.25) is 5.02 Å². The van der Waals surface area contributed by atoms with Gasteiger partial charge in [-0.15, -0.1) is 11.3 Å². The van der Waals surface area contributed by atoms with Crippen molar-refractivity contribution in [2.45, 2.75) is 19.3 Å². The minimum atomic E-state index is 0.0111. The summed E-state index contributed by atoms with van der Waals surface area (Å²) in [6.07, 6.45) is 1.40. The zero-order valence-corrected chi connectivity index (χ0v) is 11.8. The fraction of sp³-hybridized carbons (Fsp3) is 0.333. The molecule has 96 valence electrons. The zero-order chi connectivity index (χ0) is 13.2. The molecule has 0 amide bonds. The molecule has 0 spiro atoms. The molecule has 0 fully saturated rings. The molecule has 0 atom stereocenters. The van der Waals surface area contributed by atoms with Crippen LogP contribution in [0, 0.1) is 0 Å². The molecule has 4 nitrogen and oxygen atoms in total. The van der Waals surface area contributed by atoms with E-state index in [-0.39, 0.29) is 5.41 Å². The summed E-state index contributed by atoms with van der Waals surface area (Å²) in [7, 11) is 0. The lowest BCUT2D eigenvalue weighted by molar-refractivity contribution is 0.568. The van der Waals surface area contributed by atoms with E-state index in [1.54, 1.807) is 11.3 Å². The van der Waals surface area contributed by atoms with E-state index in [4.69, 9.17) is 17.3 Å². The summed E-state index contributed by atoms with van der Waals surface area (Å²) in [4.78, 5) is 9.24. The molecule has 3 N–H and O–H groups in total. The normalized spacial score (nSPS) is 11.5. The SMILES string of the molecule is CC(C)(CNc1ncnc(N)c1Cl)c1cccs1. The molecule has 2 rings (SSSR count). The average molecular weight is 283 g/mol. The van der Waals surface area contributed by atoms with Gasteiger partial charge in [0.2, 0.25) is 0 Å². The summed E-state index contributed by atoms with van der Waals surface area (Å²) in [5.74, 6) is 0.872. The van der Waals surface area contributed by atoms with E-state index in [2.05, 4.69) is 46.6 Å². The second kappa shape index (κ2) is 5.12. The van der Waals surface area contributed by atoms with Crippen molar-refractivity contribution in [1.29, 1.82) is 0 Å². The Kier molecular flexibility index (Phi) is 3.73. The third-order valence-electron chi connectivity index (χ3n) is 2.70. The average Bonchev–Trinajstić information content (AvgIpc) is 2.85. The number of nitrogens with zero attached hydrogens (tertiary/aromatic N) is 2. The highest BCUT2D eigenvalue weighted by Crippen LogP contribution is 2.29. The van der Waals surface area contributed by atoms with Crippen LogP contribution in [0.15, 0.2) is 23.8 Å². The molecular formula is C12H15ClN4S. The highest BCUT2D eigenvalue weighted by Gasteiger charge is 2.22. The second-order valence-corrected chi connectivity index (χ2v) is 5.96. The van der Waals surface area contributed by atoms with Crippen molar-refractivity contribution in [2.75, 3.05) is 17.6 Å². The third kappa shape index (κ3) is 2.73. The van der Waals surface area contributed by atoms with Crippen molar-refractivity contribution in [2.24, 2.45) is 0 Å². The van der Waals surface area contributed by atoms with Gasteiger partial charge in [-0.1, -0.05) is 31.5 Å². The van der Waals surface area contributed by atoms with Gasteiger partial charge in [-0.3, -0.25) is 0 Å². The molecule has 2 heterocycles. The maximum Gasteiger partial charge on any atom is 0.150 e. The number of aromatic nitrogens is 2. The van der Waals surface area contributed by atoms with Crippen molar-refractivity contribution in [3.8, 4) is 0 Å². The van der Waals surface area contributed by atoms with Crippen molar-refractivity contribution >= 4 is 34.6 Å². The van der Waals surface area contributed by atoms with Crippen LogP contribution in [0.3, 0.4) is 0 Å². The smallest absolute Gasteiger partial charge is 0.150 e. The zero-order valence-electron chi connectivity index (χ0n) is 10.3. The molecule has 2 aromatic heterocycles. The number of rotatable bonds is 4. The first-order valence-corrected chi connectivity index (χ1v) is 6.80. The van der Waals surface area contributed by atoms with E-state index in [0.717, 1.165) is 6.54 Å². The van der Waals surface area contributed by atoms with Gasteiger partial charge in [0.15, 0.2) is 0 Å². The predicted molar refractivity (Wildman–Crippen MR) is 77.3 cm³/mol. The van der Waals surface area contributed by atoms with Crippen LogP contribution in [-0.4, -0.2) is 16.5 Å². The Hall–Kier alpha value is -1.33. The van der Waals surface area contributed by atoms with Crippen LogP contribution in [0.1, 0.15) is 18.7 Å². The van der Waals surface area contributed by atoms with E-state index in [9.17, 15) is 0 Å². The van der Waals surface area contributed by atoms with Crippen LogP contribution in [-0.2, 0) is 5.41 Å². The Bertz CT molecular complexity index is 525. The van der Waals surface area contributed by atoms with Crippen LogP contribution >= 0.6 is 22.9 Å². The molecule has 0 aliphatic rings. The van der Waals surface area contributed by atoms with E-state index < -0.39 is 0 Å². The van der Waals surface area contributed by atoms with Crippen LogP contribution in [0.4, 0.5) is 11.6 Å². The van der Waals surface area contributed by atoms with Gasteiger partial charge in [0.1, 0.15) is 23.0 Å². The lowest BCUT2D eigenvalue weighted by Gasteiger charge is -2.24. The van der Waals surface area contributed by atoms with Gasteiger partial charge < -0.3 is 11.1 Å². The Morgan fingerprint density at radius 3 is 2.89 bits per heavy atom. The first kappa shape index (κ1) is 13.1. The molecule has 0 unspecified atom stereocenters. The Balaban J connectivity index is 2.10. The molecule has 0 aromatic carbocycles. The number of hydrogen-bond donors (Lipinski definition) is 2. The van der Waals surface area contributed by atoms with Crippen molar-refractivity contribution in [3.63, 3.8) is 0 Å². The van der Waals surface area contributed by atoms with Crippen molar-refractivity contribution in [3.05, 3.63) is 33.7 Å². The first-order chi connectivity index (χ1) is 8.50. The lowest BCUT2D eigenvalue weighted by Crippen LogP contribution is -2.27. The minimum absolute atomic E-state index is 0.0111. The predicted octanol–water partition coefficient (Wildman–Crippen LogP) is 3.16. The quantitative estimate of drug-likeness (QED) is 0.904. The van der Waals surface area contributed by atoms with Crippen molar-refractivity contribution in [1.82, 2.24) is 9.97 Å². The Morgan fingerprint density at radius 2 is 2.22 bits per heavy atom. The van der Waals surface area contributed by atoms with E-state index in [1.165, 1.54) is 11.2 Å². The topological polar surface area (TPSA) is 63.8 Å². The molecule has 0 aliphatic carbocycles. The van der Waals surface area contributed by atoms with E-state index in [0.29, 0.717) is 16.7 Å². The van der Waals surface area contributed by atoms with Crippen molar-refractivity contribution < 1.29 is 0 Å². The fourth-order valence-electron chi connectivity index (χ4n) is 1.56. The summed E-state index contributed by atoms with van der Waals surface area (Å²) in [5, 5.41) is 5.68. The van der Waals surface area contributed by atoms with Gasteiger partial charge in [0.25, 0.3) is 0 Å². The molecule has 0 bridgehead atoms. The van der Waals surface area contributed by atoms with Gasteiger partial charge in [-0.05, 0) is 11.4 Å². The monoisotopic (exact) mass is 282 g/mol. The highest BCUT2D eigenvalue weighted by atomic mass is 35.5. The summed E-state index contributed by atoms with van der Waals surface area (Å²) >= 11 is 7.78. The van der Waals surface area contributed by atoms with Gasteiger partial charge in [0, 0.05) is 16.8 Å². The number of thiophene rings is 1. The number of nitrogens with two attached hydrogens (primary N) is 1. The number of hydrogen-bond acceptors (Lipinski definition) is 5. The van der Waals surface area contributed by atoms with Gasteiger partial charge >= 0.3 is 0 Å².